The van der Waals surface area contributed by atoms with E-state index in [0.29, 0.717) is 34.5 Å². The van der Waals surface area contributed by atoms with Crippen LogP contribution in [-0.4, -0.2) is 57.5 Å². The zero-order chi connectivity index (χ0) is 44.1. The van der Waals surface area contributed by atoms with Gasteiger partial charge in [0.05, 0.1) is 30.1 Å². The number of carbonyl (C=O) groups excluding carboxylic acids is 3. The van der Waals surface area contributed by atoms with Crippen molar-refractivity contribution in [2.75, 3.05) is 13.7 Å². The van der Waals surface area contributed by atoms with Crippen LogP contribution in [0.25, 0.3) is 36.1 Å². The Hall–Kier alpha value is -5.25. The summed E-state index contributed by atoms with van der Waals surface area (Å²) in [5, 5.41) is 17.0. The maximum atomic E-state index is 14.4. The van der Waals surface area contributed by atoms with Gasteiger partial charge in [0.2, 0.25) is 0 Å². The number of aliphatic hydroxyl groups excluding tert-OH is 1. The van der Waals surface area contributed by atoms with Crippen LogP contribution in [0.4, 0.5) is 0 Å². The minimum Gasteiger partial charge on any atom is -0.515 e. The van der Waals surface area contributed by atoms with Gasteiger partial charge in [0.1, 0.15) is 12.5 Å². The molecule has 0 radical (unpaired) electrons. The average Bonchev–Trinajstić information content (AvgIpc) is 3.99. The monoisotopic (exact) mass is 833 g/mol. The van der Waals surface area contributed by atoms with Crippen molar-refractivity contribution in [3.63, 3.8) is 0 Å². The number of esters is 2. The number of aromatic nitrogens is 3. The van der Waals surface area contributed by atoms with Crippen LogP contribution < -0.4 is 26.6 Å². The number of ketones is 1. The van der Waals surface area contributed by atoms with Crippen LogP contribution in [0.3, 0.4) is 0 Å². The van der Waals surface area contributed by atoms with Gasteiger partial charge >= 0.3 is 11.9 Å². The Bertz CT molecular complexity index is 2470. The third-order valence-electron chi connectivity index (χ3n) is 13.9. The molecule has 0 saturated carbocycles. The summed E-state index contributed by atoms with van der Waals surface area (Å²) >= 11 is 0. The number of H-pyrrole nitrogens is 3. The second-order valence-electron chi connectivity index (χ2n) is 17.9. The Morgan fingerprint density at radius 2 is 1.66 bits per heavy atom. The van der Waals surface area contributed by atoms with Gasteiger partial charge in [0.15, 0.2) is 5.78 Å². The normalized spacial score (nSPS) is 22.7. The topological polar surface area (TPSA) is 149 Å². The van der Waals surface area contributed by atoms with Gasteiger partial charge < -0.3 is 34.8 Å². The Morgan fingerprint density at radius 3 is 2.34 bits per heavy atom. The van der Waals surface area contributed by atoms with E-state index in [-0.39, 0.29) is 36.6 Å². The summed E-state index contributed by atoms with van der Waals surface area (Å²) in [6.07, 6.45) is 20.8. The minimum absolute atomic E-state index is 0.0874. The van der Waals surface area contributed by atoms with Crippen molar-refractivity contribution >= 4 is 53.9 Å². The maximum absolute atomic E-state index is 14.4. The largest absolute Gasteiger partial charge is 0.515 e. The second-order valence-corrected chi connectivity index (χ2v) is 17.9. The zero-order valence-corrected chi connectivity index (χ0v) is 37.9. The molecule has 8 bridgehead atoms. The number of fused-ring (bicyclic) bond motifs is 8. The lowest BCUT2D eigenvalue weighted by atomic mass is 9.80. The number of ether oxygens (including phenoxy) is 2. The number of aromatic amines is 3. The van der Waals surface area contributed by atoms with Crippen LogP contribution in [0.15, 0.2) is 23.9 Å². The molecule has 1 fully saturated rings. The molecule has 6 atom stereocenters. The number of hydrogen-bond donors (Lipinski definition) is 5. The van der Waals surface area contributed by atoms with E-state index >= 15 is 0 Å². The van der Waals surface area contributed by atoms with Crippen LogP contribution in [0.5, 0.6) is 0 Å². The van der Waals surface area contributed by atoms with Gasteiger partial charge in [-0.1, -0.05) is 85.0 Å². The molecule has 10 nitrogen and oxygen atoms in total. The molecule has 2 aliphatic heterocycles. The first kappa shape index (κ1) is 45.3. The summed E-state index contributed by atoms with van der Waals surface area (Å²) in [6.45, 7) is 21.5. The van der Waals surface area contributed by atoms with Crippen LogP contribution in [0.1, 0.15) is 149 Å². The Balaban J connectivity index is 1.32. The highest BCUT2D eigenvalue weighted by molar-refractivity contribution is 6.19. The number of methoxy groups -OCH3 is 1. The Kier molecular flexibility index (Phi) is 14.6. The van der Waals surface area contributed by atoms with Gasteiger partial charge in [-0.05, 0) is 111 Å². The summed E-state index contributed by atoms with van der Waals surface area (Å²) < 4.78 is 11.1. The molecule has 6 rings (SSSR count). The number of Topliss-reactive ketones (excluding diaryl/α,β-unsaturated/α-hetero) is 1. The van der Waals surface area contributed by atoms with Crippen molar-refractivity contribution in [3.8, 4) is 0 Å². The molecule has 1 unspecified atom stereocenters. The fourth-order valence-corrected chi connectivity index (χ4v) is 9.84. The van der Waals surface area contributed by atoms with E-state index in [2.05, 4.69) is 67.5 Å². The van der Waals surface area contributed by atoms with Gasteiger partial charge in [-0.15, -0.1) is 0 Å². The molecule has 1 saturated heterocycles. The Morgan fingerprint density at radius 1 is 0.934 bits per heavy atom. The third kappa shape index (κ3) is 9.33. The highest BCUT2D eigenvalue weighted by atomic mass is 16.5. The van der Waals surface area contributed by atoms with Crippen molar-refractivity contribution in [1.82, 2.24) is 20.3 Å². The van der Waals surface area contributed by atoms with Gasteiger partial charge in [0.25, 0.3) is 0 Å². The van der Waals surface area contributed by atoms with Gasteiger partial charge in [-0.3, -0.25) is 14.4 Å². The minimum atomic E-state index is -1.14. The van der Waals surface area contributed by atoms with Crippen LogP contribution >= 0.6 is 0 Å². The smallest absolute Gasteiger partial charge is 0.320 e. The van der Waals surface area contributed by atoms with Crippen LogP contribution in [0.2, 0.25) is 0 Å². The van der Waals surface area contributed by atoms with Gasteiger partial charge in [-0.2, -0.15) is 0 Å². The summed E-state index contributed by atoms with van der Waals surface area (Å²) in [6, 6.07) is -0.471. The predicted molar refractivity (Wildman–Crippen MR) is 245 cm³/mol. The summed E-state index contributed by atoms with van der Waals surface area (Å²) in [7, 11) is 1.31. The lowest BCUT2D eigenvalue weighted by Gasteiger charge is -2.25. The molecule has 0 amide bonds. The van der Waals surface area contributed by atoms with E-state index in [1.165, 1.54) is 44.8 Å². The average molecular weight is 833 g/mol. The van der Waals surface area contributed by atoms with Crippen molar-refractivity contribution in [2.45, 2.75) is 126 Å². The summed E-state index contributed by atoms with van der Waals surface area (Å²) in [5.41, 5.74) is 9.31. The molecule has 10 heteroatoms. The van der Waals surface area contributed by atoms with Crippen molar-refractivity contribution in [1.29, 1.82) is 0 Å². The van der Waals surface area contributed by atoms with Crippen molar-refractivity contribution < 1.29 is 29.0 Å². The molecule has 1 aliphatic carbocycles. The van der Waals surface area contributed by atoms with E-state index in [0.717, 1.165) is 86.7 Å². The summed E-state index contributed by atoms with van der Waals surface area (Å²) in [4.78, 5) is 52.1. The SMILES string of the molecule is C=Cc1c2[nH]c(c1C)/C=C1\NC(C3=c4[nH]/c(c(C)c4C(=O)[C@@H]3C(=O)OC)=C\c3[nH]c(/c(=C/O)c3CC)=C\2)[C@@H](CCC(=O)OC/C=C(\C)CCC[C@H](C)CCC[C@H](C)CC)[C@@H]1C. The lowest BCUT2D eigenvalue weighted by molar-refractivity contribution is -0.143. The van der Waals surface area contributed by atoms with Crippen LogP contribution in [-0.2, 0) is 25.5 Å². The standard InChI is InChI=1S/C51H68N4O6/c1-11-28(4)16-14-17-29(5)18-15-19-30(6)22-23-61-44(57)21-20-36-32(8)39-24-38-31(7)34(12-2)41(52-38)26-43-37(27-56)35(13-3)42(53-43)25-40-33(9)45-49(55-40)46(48(36)54-39)47(50(45)58)51(59)60-10/h12,22,24-29,32,36,47-48,52-56H,2,11,13-21,23H2,1,3-10H3/b30-22+,37-27+,39-24-,40-25-,43-26-/t28-,29-,32+,36+,47-,48?/m1/s1. The van der Waals surface area contributed by atoms with E-state index in [9.17, 15) is 19.5 Å². The second kappa shape index (κ2) is 19.6. The van der Waals surface area contributed by atoms with E-state index in [4.69, 9.17) is 9.47 Å². The first-order chi connectivity index (χ1) is 29.3. The van der Waals surface area contributed by atoms with Crippen LogP contribution in [0, 0.1) is 43.4 Å². The van der Waals surface area contributed by atoms with Crippen molar-refractivity contribution in [3.05, 3.63) is 90.1 Å². The summed E-state index contributed by atoms with van der Waals surface area (Å²) in [5.74, 6) is -1.08. The molecular formula is C51H68N4O6. The number of rotatable bonds is 17. The molecule has 61 heavy (non-hydrogen) atoms. The number of nitrogens with one attached hydrogen (secondary N) is 4. The Labute approximate surface area is 361 Å². The molecule has 3 aromatic rings. The maximum Gasteiger partial charge on any atom is 0.320 e. The molecule has 0 spiro atoms. The van der Waals surface area contributed by atoms with Crippen molar-refractivity contribution in [2.24, 2.45) is 29.6 Å². The lowest BCUT2D eigenvalue weighted by Crippen LogP contribution is -2.38. The molecule has 3 aromatic heterocycles. The van der Waals surface area contributed by atoms with E-state index in [1.54, 1.807) is 0 Å². The van der Waals surface area contributed by atoms with E-state index < -0.39 is 17.9 Å². The molecular weight excluding hydrogens is 765 g/mol. The molecule has 3 aliphatic rings. The molecule has 5 heterocycles. The van der Waals surface area contributed by atoms with Gasteiger partial charge in [-0.25, -0.2) is 0 Å². The predicted octanol–water partition coefficient (Wildman–Crippen LogP) is 7.45. The molecule has 328 valence electrons. The fraction of sp³-hybridized carbons (Fsp3) is 0.510. The number of allylic oxidation sites excluding steroid dienone is 2. The van der Waals surface area contributed by atoms with Gasteiger partial charge in [0, 0.05) is 56.8 Å². The number of hydrogen-bond acceptors (Lipinski definition) is 7. The molecule has 0 aromatic carbocycles. The quantitative estimate of drug-likeness (QED) is 0.0539. The first-order valence-corrected chi connectivity index (χ1v) is 22.5. The highest BCUT2D eigenvalue weighted by Crippen LogP contribution is 2.42. The molecule has 5 N–H and O–H groups in total. The number of carbonyl (C=O) groups is 3. The third-order valence-corrected chi connectivity index (χ3v) is 13.9. The fourth-order valence-electron chi connectivity index (χ4n) is 9.84. The first-order valence-electron chi connectivity index (χ1n) is 22.5. The highest BCUT2D eigenvalue weighted by Gasteiger charge is 2.49. The van der Waals surface area contributed by atoms with E-state index in [1.807, 2.05) is 45.1 Å². The number of aliphatic hydroxyl groups is 1. The zero-order valence-electron chi connectivity index (χ0n) is 37.9.